The number of carbonyl (C=O) groups is 1. The SMILES string of the molecule is C[C@H](O)C(=O)N1CCN(c2ccc(CN3[C@@H](C)CCC(c4ccccc4)S3(=O)=O)c(F)c2)CC1. The van der Waals surface area contributed by atoms with Crippen molar-refractivity contribution >= 4 is 21.6 Å². The van der Waals surface area contributed by atoms with Crippen molar-refractivity contribution in [2.75, 3.05) is 31.1 Å². The Balaban J connectivity index is 1.47. The summed E-state index contributed by atoms with van der Waals surface area (Å²) in [7, 11) is -3.64. The van der Waals surface area contributed by atoms with Gasteiger partial charge in [0.05, 0.1) is 0 Å². The van der Waals surface area contributed by atoms with E-state index in [0.717, 1.165) is 5.56 Å². The number of carbonyl (C=O) groups excluding carboxylic acids is 1. The zero-order chi connectivity index (χ0) is 24.5. The van der Waals surface area contributed by atoms with Gasteiger partial charge in [-0.1, -0.05) is 36.4 Å². The van der Waals surface area contributed by atoms with Gasteiger partial charge in [-0.05, 0) is 44.4 Å². The number of nitrogens with zero attached hydrogens (tertiary/aromatic N) is 3. The van der Waals surface area contributed by atoms with Gasteiger partial charge < -0.3 is 14.9 Å². The van der Waals surface area contributed by atoms with Crippen LogP contribution in [0.4, 0.5) is 10.1 Å². The lowest BCUT2D eigenvalue weighted by Gasteiger charge is -2.38. The Morgan fingerprint density at radius 2 is 1.76 bits per heavy atom. The number of anilines is 1. The van der Waals surface area contributed by atoms with E-state index in [0.29, 0.717) is 50.3 Å². The molecule has 0 aliphatic carbocycles. The van der Waals surface area contributed by atoms with E-state index in [4.69, 9.17) is 0 Å². The summed E-state index contributed by atoms with van der Waals surface area (Å²) in [4.78, 5) is 15.6. The van der Waals surface area contributed by atoms with Crippen LogP contribution in [-0.2, 0) is 21.4 Å². The zero-order valence-electron chi connectivity index (χ0n) is 19.6. The van der Waals surface area contributed by atoms with Gasteiger partial charge in [-0.15, -0.1) is 0 Å². The van der Waals surface area contributed by atoms with Crippen molar-refractivity contribution in [3.05, 3.63) is 65.5 Å². The quantitative estimate of drug-likeness (QED) is 0.699. The predicted octanol–water partition coefficient (Wildman–Crippen LogP) is 2.91. The van der Waals surface area contributed by atoms with Crippen molar-refractivity contribution < 1.29 is 22.7 Å². The van der Waals surface area contributed by atoms with Crippen LogP contribution >= 0.6 is 0 Å². The molecule has 3 atom stereocenters. The minimum absolute atomic E-state index is 0.00435. The van der Waals surface area contributed by atoms with E-state index in [1.54, 1.807) is 17.0 Å². The second-order valence-electron chi connectivity index (χ2n) is 9.18. The van der Waals surface area contributed by atoms with Gasteiger partial charge in [0.1, 0.15) is 17.2 Å². The first kappa shape index (κ1) is 24.6. The Bertz CT molecular complexity index is 1120. The Labute approximate surface area is 200 Å². The van der Waals surface area contributed by atoms with Gasteiger partial charge in [-0.2, -0.15) is 4.31 Å². The summed E-state index contributed by atoms with van der Waals surface area (Å²) in [5.41, 5.74) is 1.81. The Kier molecular flexibility index (Phi) is 7.25. The summed E-state index contributed by atoms with van der Waals surface area (Å²) < 4.78 is 43.4. The number of benzene rings is 2. The van der Waals surface area contributed by atoms with Gasteiger partial charge in [-0.25, -0.2) is 12.8 Å². The third-order valence-electron chi connectivity index (χ3n) is 6.87. The van der Waals surface area contributed by atoms with Gasteiger partial charge >= 0.3 is 0 Å². The van der Waals surface area contributed by atoms with Crippen LogP contribution < -0.4 is 4.90 Å². The molecule has 1 unspecified atom stereocenters. The molecular weight excluding hydrogens is 457 g/mol. The maximum atomic E-state index is 15.1. The van der Waals surface area contributed by atoms with E-state index in [-0.39, 0.29) is 18.5 Å². The van der Waals surface area contributed by atoms with Gasteiger partial charge in [0.15, 0.2) is 0 Å². The molecule has 1 amide bonds. The molecule has 0 radical (unpaired) electrons. The van der Waals surface area contributed by atoms with Crippen LogP contribution in [0.5, 0.6) is 0 Å². The molecule has 184 valence electrons. The molecule has 2 aromatic rings. The van der Waals surface area contributed by atoms with E-state index in [2.05, 4.69) is 0 Å². The first-order chi connectivity index (χ1) is 16.2. The van der Waals surface area contributed by atoms with Crippen LogP contribution in [0.3, 0.4) is 0 Å². The number of rotatable bonds is 5. The Morgan fingerprint density at radius 3 is 2.38 bits per heavy atom. The van der Waals surface area contributed by atoms with Crippen LogP contribution in [0.15, 0.2) is 48.5 Å². The fourth-order valence-electron chi connectivity index (χ4n) is 4.83. The van der Waals surface area contributed by atoms with Crippen molar-refractivity contribution in [1.29, 1.82) is 0 Å². The molecule has 2 fully saturated rings. The predicted molar refractivity (Wildman–Crippen MR) is 129 cm³/mol. The van der Waals surface area contributed by atoms with Crippen molar-refractivity contribution in [2.24, 2.45) is 0 Å². The highest BCUT2D eigenvalue weighted by Gasteiger charge is 2.40. The van der Waals surface area contributed by atoms with Gasteiger partial charge in [0.25, 0.3) is 5.91 Å². The number of aliphatic hydroxyl groups is 1. The third-order valence-corrected chi connectivity index (χ3v) is 9.24. The normalized spacial score (nSPS) is 24.1. The smallest absolute Gasteiger partial charge is 0.251 e. The highest BCUT2D eigenvalue weighted by atomic mass is 32.2. The van der Waals surface area contributed by atoms with Gasteiger partial charge in [-0.3, -0.25) is 4.79 Å². The molecule has 1 N–H and O–H groups in total. The number of amides is 1. The minimum Gasteiger partial charge on any atom is -0.384 e. The number of halogens is 1. The van der Waals surface area contributed by atoms with E-state index < -0.39 is 27.2 Å². The molecule has 0 bridgehead atoms. The number of piperazine rings is 1. The lowest BCUT2D eigenvalue weighted by molar-refractivity contribution is -0.139. The third kappa shape index (κ3) is 4.96. The Hall–Kier alpha value is -2.49. The topological polar surface area (TPSA) is 81.2 Å². The van der Waals surface area contributed by atoms with E-state index in [1.807, 2.05) is 42.2 Å². The van der Waals surface area contributed by atoms with Crippen molar-refractivity contribution in [1.82, 2.24) is 9.21 Å². The fourth-order valence-corrected chi connectivity index (χ4v) is 7.02. The van der Waals surface area contributed by atoms with Crippen molar-refractivity contribution in [2.45, 2.75) is 50.6 Å². The summed E-state index contributed by atoms with van der Waals surface area (Å²) >= 11 is 0. The molecule has 2 aliphatic heterocycles. The van der Waals surface area contributed by atoms with Crippen molar-refractivity contribution in [3.63, 3.8) is 0 Å². The molecule has 2 heterocycles. The van der Waals surface area contributed by atoms with Crippen molar-refractivity contribution in [3.8, 4) is 0 Å². The molecule has 2 aliphatic rings. The summed E-state index contributed by atoms with van der Waals surface area (Å²) in [5.74, 6) is -0.740. The first-order valence-electron chi connectivity index (χ1n) is 11.7. The largest absolute Gasteiger partial charge is 0.384 e. The highest BCUT2D eigenvalue weighted by Crippen LogP contribution is 2.38. The van der Waals surface area contributed by atoms with E-state index >= 15 is 4.39 Å². The summed E-state index contributed by atoms with van der Waals surface area (Å²) in [5, 5.41) is 8.88. The summed E-state index contributed by atoms with van der Waals surface area (Å²) in [6, 6.07) is 13.9. The van der Waals surface area contributed by atoms with Crippen LogP contribution in [0.1, 0.15) is 43.1 Å². The molecule has 2 aromatic carbocycles. The molecule has 4 rings (SSSR count). The average molecular weight is 490 g/mol. The molecule has 9 heteroatoms. The first-order valence-corrected chi connectivity index (χ1v) is 13.2. The molecule has 34 heavy (non-hydrogen) atoms. The average Bonchev–Trinajstić information content (AvgIpc) is 2.82. The lowest BCUT2D eigenvalue weighted by atomic mass is 10.0. The second-order valence-corrected chi connectivity index (χ2v) is 11.2. The van der Waals surface area contributed by atoms with Crippen LogP contribution in [0.2, 0.25) is 0 Å². The summed E-state index contributed by atoms with van der Waals surface area (Å²) in [6.07, 6.45) is 0.237. The van der Waals surface area contributed by atoms with Crippen LogP contribution in [0.25, 0.3) is 0 Å². The van der Waals surface area contributed by atoms with Gasteiger partial charge in [0, 0.05) is 50.0 Å². The molecule has 7 nitrogen and oxygen atoms in total. The Morgan fingerprint density at radius 1 is 1.09 bits per heavy atom. The number of hydrogen-bond acceptors (Lipinski definition) is 5. The number of aliphatic hydroxyl groups excluding tert-OH is 1. The number of sulfonamides is 1. The molecule has 0 spiro atoms. The summed E-state index contributed by atoms with van der Waals surface area (Å²) in [6.45, 7) is 5.30. The molecule has 2 saturated heterocycles. The fraction of sp³-hybridized carbons (Fsp3) is 0.480. The second kappa shape index (κ2) is 10.0. The molecular formula is C25H32FN3O4S. The maximum absolute atomic E-state index is 15.1. The number of hydrogen-bond donors (Lipinski definition) is 1. The van der Waals surface area contributed by atoms with E-state index in [1.165, 1.54) is 17.3 Å². The van der Waals surface area contributed by atoms with Gasteiger partial charge in [0.2, 0.25) is 10.0 Å². The molecule has 0 saturated carbocycles. The standard InChI is InChI=1S/C25H32FN3O4S/c1-18-8-11-24(20-6-4-3-5-7-20)34(32,33)29(18)17-21-9-10-22(16-23(21)26)27-12-14-28(15-13-27)25(31)19(2)30/h3-7,9-10,16,18-19,24,30H,8,11-15,17H2,1-2H3/t18-,19-,24?/m0/s1. The highest BCUT2D eigenvalue weighted by molar-refractivity contribution is 7.89. The van der Waals surface area contributed by atoms with Crippen LogP contribution in [-0.4, -0.2) is 67.0 Å². The minimum atomic E-state index is -3.64. The monoisotopic (exact) mass is 489 g/mol. The van der Waals surface area contributed by atoms with Crippen LogP contribution in [0, 0.1) is 5.82 Å². The maximum Gasteiger partial charge on any atom is 0.251 e. The lowest BCUT2D eigenvalue weighted by Crippen LogP contribution is -2.51. The zero-order valence-corrected chi connectivity index (χ0v) is 20.4. The molecule has 0 aromatic heterocycles. The van der Waals surface area contributed by atoms with E-state index in [9.17, 15) is 18.3 Å².